The van der Waals surface area contributed by atoms with Crippen LogP contribution in [0.1, 0.15) is 27.7 Å². The minimum atomic E-state index is -0.876. The van der Waals surface area contributed by atoms with Gasteiger partial charge in [0.15, 0.2) is 0 Å². The van der Waals surface area contributed by atoms with Crippen LogP contribution >= 0.6 is 0 Å². The number of carbonyl (C=O) groups is 2. The number of nitro groups is 1. The van der Waals surface area contributed by atoms with Crippen LogP contribution in [0.3, 0.4) is 0 Å². The van der Waals surface area contributed by atoms with Crippen LogP contribution in [0.4, 0.5) is 16.2 Å². The van der Waals surface area contributed by atoms with Gasteiger partial charge in [0.2, 0.25) is 5.91 Å². The van der Waals surface area contributed by atoms with E-state index in [0.717, 1.165) is 15.8 Å². The maximum Gasteiger partial charge on any atom is 0.421 e. The molecule has 0 fully saturated rings. The topological polar surface area (TPSA) is 120 Å². The number of nitro benzene ring substituents is 1. The van der Waals surface area contributed by atoms with Crippen LogP contribution < -0.4 is 4.90 Å². The summed E-state index contributed by atoms with van der Waals surface area (Å²) in [7, 11) is 0. The van der Waals surface area contributed by atoms with Gasteiger partial charge in [-0.3, -0.25) is 24.5 Å². The minimum absolute atomic E-state index is 0.163. The third-order valence-electron chi connectivity index (χ3n) is 4.91. The number of rotatable bonds is 3. The zero-order valence-electron chi connectivity index (χ0n) is 18.5. The fourth-order valence-electron chi connectivity index (χ4n) is 3.56. The predicted molar refractivity (Wildman–Crippen MR) is 122 cm³/mol. The lowest BCUT2D eigenvalue weighted by atomic mass is 10.1. The summed E-state index contributed by atoms with van der Waals surface area (Å²) < 4.78 is 7.18. The minimum Gasteiger partial charge on any atom is -0.443 e. The molecule has 33 heavy (non-hydrogen) atoms. The number of amides is 2. The van der Waals surface area contributed by atoms with Gasteiger partial charge >= 0.3 is 6.09 Å². The normalized spacial score (nSPS) is 11.5. The summed E-state index contributed by atoms with van der Waals surface area (Å²) in [4.78, 5) is 45.9. The van der Waals surface area contributed by atoms with Crippen LogP contribution in [-0.4, -0.2) is 37.1 Å². The third-order valence-corrected chi connectivity index (χ3v) is 4.91. The number of carbonyl (C=O) groups excluding carboxylic acids is 2. The molecule has 0 unspecified atom stereocenters. The summed E-state index contributed by atoms with van der Waals surface area (Å²) in [6, 6.07) is 7.95. The largest absolute Gasteiger partial charge is 0.443 e. The summed E-state index contributed by atoms with van der Waals surface area (Å²) in [5.41, 5.74) is -0.0903. The Morgan fingerprint density at radius 2 is 1.88 bits per heavy atom. The second-order valence-corrected chi connectivity index (χ2v) is 8.40. The van der Waals surface area contributed by atoms with Gasteiger partial charge in [0.1, 0.15) is 11.4 Å². The zero-order chi connectivity index (χ0) is 23.9. The van der Waals surface area contributed by atoms with Gasteiger partial charge in [0.05, 0.1) is 27.7 Å². The Bertz CT molecular complexity index is 1420. The molecule has 10 heteroatoms. The highest BCUT2D eigenvalue weighted by Gasteiger charge is 2.29. The first kappa shape index (κ1) is 21.9. The van der Waals surface area contributed by atoms with E-state index in [4.69, 9.17) is 4.74 Å². The maximum absolute atomic E-state index is 12.9. The van der Waals surface area contributed by atoms with Crippen molar-refractivity contribution in [2.24, 2.45) is 0 Å². The maximum atomic E-state index is 12.9. The molecule has 0 spiro atoms. The number of imide groups is 1. The van der Waals surface area contributed by atoms with Gasteiger partial charge in [-0.1, -0.05) is 0 Å². The lowest BCUT2D eigenvalue weighted by Gasteiger charge is -2.26. The number of fused-ring (bicyclic) bond motifs is 2. The van der Waals surface area contributed by atoms with Crippen molar-refractivity contribution in [2.75, 3.05) is 4.90 Å². The van der Waals surface area contributed by atoms with E-state index >= 15 is 0 Å². The van der Waals surface area contributed by atoms with Crippen LogP contribution in [0, 0.1) is 10.1 Å². The first-order valence-corrected chi connectivity index (χ1v) is 10.1. The lowest BCUT2D eigenvalue weighted by Crippen LogP contribution is -2.40. The fourth-order valence-corrected chi connectivity index (χ4v) is 3.56. The van der Waals surface area contributed by atoms with Crippen LogP contribution in [0.25, 0.3) is 27.5 Å². The smallest absolute Gasteiger partial charge is 0.421 e. The lowest BCUT2D eigenvalue weighted by molar-refractivity contribution is -0.383. The Morgan fingerprint density at radius 1 is 1.12 bits per heavy atom. The predicted octanol–water partition coefficient (Wildman–Crippen LogP) is 4.77. The van der Waals surface area contributed by atoms with Crippen molar-refractivity contribution in [3.05, 3.63) is 65.2 Å². The molecule has 4 rings (SSSR count). The number of anilines is 1. The molecular formula is C23H21N5O5. The van der Waals surface area contributed by atoms with E-state index in [1.54, 1.807) is 50.0 Å². The molecule has 3 heterocycles. The second-order valence-electron chi connectivity index (χ2n) is 8.40. The molecule has 0 aliphatic carbocycles. The van der Waals surface area contributed by atoms with Crippen molar-refractivity contribution in [3.8, 4) is 5.82 Å². The zero-order valence-corrected chi connectivity index (χ0v) is 18.5. The van der Waals surface area contributed by atoms with E-state index in [1.165, 1.54) is 25.3 Å². The summed E-state index contributed by atoms with van der Waals surface area (Å²) in [6.45, 7) is 6.28. The number of nitrogens with zero attached hydrogens (tertiary/aromatic N) is 5. The quantitative estimate of drug-likeness (QED) is 0.328. The van der Waals surface area contributed by atoms with Crippen LogP contribution in [-0.2, 0) is 9.53 Å². The number of ether oxygens (including phenoxy) is 1. The standard InChI is InChI=1S/C23H21N5O5/c1-14(29)27(22(30)33-23(2,3)4)18-5-6-19(28(31)32)17-12-25-21(11-16(17)18)26-10-8-15-7-9-24-13-20(15)26/h5-13H,1-4H3. The average Bonchev–Trinajstić information content (AvgIpc) is 3.16. The Hall–Kier alpha value is -4.34. The summed E-state index contributed by atoms with van der Waals surface area (Å²) in [6.07, 6.45) is 5.64. The Labute approximate surface area is 188 Å². The number of benzene rings is 1. The fraction of sp³-hybridized carbons (Fsp3) is 0.217. The Morgan fingerprint density at radius 3 is 2.55 bits per heavy atom. The first-order valence-electron chi connectivity index (χ1n) is 10.1. The van der Waals surface area contributed by atoms with E-state index in [1.807, 2.05) is 12.1 Å². The molecule has 0 saturated carbocycles. The molecule has 0 bridgehead atoms. The molecule has 0 N–H and O–H groups in total. The van der Waals surface area contributed by atoms with Gasteiger partial charge in [0, 0.05) is 42.4 Å². The molecule has 0 aliphatic rings. The Kier molecular flexibility index (Phi) is 5.28. The van der Waals surface area contributed by atoms with E-state index in [9.17, 15) is 19.7 Å². The molecule has 4 aromatic rings. The first-order chi connectivity index (χ1) is 15.6. The molecule has 1 aromatic carbocycles. The van der Waals surface area contributed by atoms with Crippen molar-refractivity contribution < 1.29 is 19.2 Å². The molecule has 0 saturated heterocycles. The summed E-state index contributed by atoms with van der Waals surface area (Å²) >= 11 is 0. The van der Waals surface area contributed by atoms with Gasteiger partial charge in [-0.2, -0.15) is 0 Å². The highest BCUT2D eigenvalue weighted by atomic mass is 16.6. The van der Waals surface area contributed by atoms with E-state index < -0.39 is 22.5 Å². The molecule has 0 radical (unpaired) electrons. The molecule has 0 atom stereocenters. The molecule has 10 nitrogen and oxygen atoms in total. The van der Waals surface area contributed by atoms with Crippen molar-refractivity contribution in [1.29, 1.82) is 0 Å². The van der Waals surface area contributed by atoms with E-state index in [2.05, 4.69) is 9.97 Å². The average molecular weight is 447 g/mol. The van der Waals surface area contributed by atoms with Gasteiger partial charge in [-0.25, -0.2) is 14.7 Å². The van der Waals surface area contributed by atoms with E-state index in [-0.39, 0.29) is 16.8 Å². The monoisotopic (exact) mass is 447 g/mol. The molecule has 2 amide bonds. The van der Waals surface area contributed by atoms with Crippen molar-refractivity contribution in [3.63, 3.8) is 0 Å². The summed E-state index contributed by atoms with van der Waals surface area (Å²) in [5.74, 6) is -0.145. The summed E-state index contributed by atoms with van der Waals surface area (Å²) in [5, 5.41) is 13.1. The van der Waals surface area contributed by atoms with Crippen LogP contribution in [0.2, 0.25) is 0 Å². The van der Waals surface area contributed by atoms with Crippen molar-refractivity contribution in [1.82, 2.24) is 14.5 Å². The van der Waals surface area contributed by atoms with E-state index in [0.29, 0.717) is 11.2 Å². The van der Waals surface area contributed by atoms with Gasteiger partial charge in [-0.05, 0) is 45.0 Å². The highest BCUT2D eigenvalue weighted by Crippen LogP contribution is 2.35. The molecule has 168 valence electrons. The molecular weight excluding hydrogens is 426 g/mol. The van der Waals surface area contributed by atoms with Gasteiger partial charge < -0.3 is 4.74 Å². The SMILES string of the molecule is CC(=O)N(C(=O)OC(C)(C)C)c1ccc([N+](=O)[O-])c2cnc(-n3ccc4ccncc43)cc12. The Balaban J connectivity index is 1.97. The number of pyridine rings is 2. The van der Waals surface area contributed by atoms with Crippen LogP contribution in [0.15, 0.2) is 55.1 Å². The van der Waals surface area contributed by atoms with Gasteiger partial charge in [0.25, 0.3) is 5.69 Å². The third kappa shape index (κ3) is 4.10. The molecule has 0 aliphatic heterocycles. The number of hydrogen-bond acceptors (Lipinski definition) is 7. The van der Waals surface area contributed by atoms with Gasteiger partial charge in [-0.15, -0.1) is 0 Å². The van der Waals surface area contributed by atoms with Crippen molar-refractivity contribution >= 4 is 45.1 Å². The number of hydrogen-bond donors (Lipinski definition) is 0. The molecule has 3 aromatic heterocycles. The number of aromatic nitrogens is 3. The second kappa shape index (κ2) is 7.97. The number of non-ortho nitro benzene ring substituents is 1. The van der Waals surface area contributed by atoms with Crippen molar-refractivity contribution in [2.45, 2.75) is 33.3 Å². The highest BCUT2D eigenvalue weighted by molar-refractivity contribution is 6.17. The van der Waals surface area contributed by atoms with Crippen LogP contribution in [0.5, 0.6) is 0 Å².